The molecule has 2 saturated heterocycles. The van der Waals surface area contributed by atoms with Crippen LogP contribution >= 0.6 is 0 Å². The maximum atomic E-state index is 11.7. The van der Waals surface area contributed by atoms with Crippen molar-refractivity contribution in [2.45, 2.75) is 25.9 Å². The topological polar surface area (TPSA) is 62.8 Å². The van der Waals surface area contributed by atoms with E-state index in [1.165, 1.54) is 0 Å². The molecule has 0 aromatic heterocycles. The number of nitrogens with one attached hydrogen (secondary N) is 2. The van der Waals surface area contributed by atoms with E-state index in [9.17, 15) is 4.79 Å². The molecule has 2 fully saturated rings. The zero-order chi connectivity index (χ0) is 14.2. The minimum absolute atomic E-state index is 0.0580. The lowest BCUT2D eigenvalue weighted by Crippen LogP contribution is -2.45. The van der Waals surface area contributed by atoms with Gasteiger partial charge in [-0.25, -0.2) is 4.79 Å². The molecule has 6 heteroatoms. The summed E-state index contributed by atoms with van der Waals surface area (Å²) in [6.45, 7) is 8.76. The molecular weight excluding hydrogens is 258 g/mol. The molecule has 0 aromatic carbocycles. The molecule has 2 aliphatic rings. The van der Waals surface area contributed by atoms with Crippen LogP contribution in [0.15, 0.2) is 0 Å². The van der Waals surface area contributed by atoms with Crippen molar-refractivity contribution in [3.63, 3.8) is 0 Å². The summed E-state index contributed by atoms with van der Waals surface area (Å²) in [7, 11) is 0. The van der Waals surface area contributed by atoms with Crippen LogP contribution in [0.25, 0.3) is 0 Å². The van der Waals surface area contributed by atoms with Gasteiger partial charge in [-0.05, 0) is 25.7 Å². The third kappa shape index (κ3) is 5.64. The molecule has 0 saturated carbocycles. The Morgan fingerprint density at radius 1 is 1.25 bits per heavy atom. The van der Waals surface area contributed by atoms with E-state index < -0.39 is 0 Å². The first-order valence-electron chi connectivity index (χ1n) is 7.67. The van der Waals surface area contributed by atoms with Gasteiger partial charge >= 0.3 is 6.03 Å². The van der Waals surface area contributed by atoms with E-state index in [0.717, 1.165) is 58.8 Å². The highest BCUT2D eigenvalue weighted by Gasteiger charge is 2.19. The van der Waals surface area contributed by atoms with Crippen molar-refractivity contribution in [1.82, 2.24) is 15.5 Å². The minimum Gasteiger partial charge on any atom is -0.379 e. The first kappa shape index (κ1) is 15.5. The van der Waals surface area contributed by atoms with Gasteiger partial charge in [0, 0.05) is 39.3 Å². The number of hydrogen-bond acceptors (Lipinski definition) is 4. The van der Waals surface area contributed by atoms with E-state index in [4.69, 9.17) is 9.47 Å². The van der Waals surface area contributed by atoms with E-state index in [-0.39, 0.29) is 6.03 Å². The van der Waals surface area contributed by atoms with Crippen molar-refractivity contribution in [3.8, 4) is 0 Å². The van der Waals surface area contributed by atoms with Gasteiger partial charge in [0.05, 0.1) is 19.3 Å². The first-order valence-corrected chi connectivity index (χ1v) is 7.67. The fraction of sp³-hybridized carbons (Fsp3) is 0.929. The van der Waals surface area contributed by atoms with E-state index in [2.05, 4.69) is 22.5 Å². The SMILES string of the molecule is C[C@@H]1C[C@H](CNC(=O)NCCN2CCOCC2)CCO1. The Hall–Kier alpha value is -0.850. The number of urea groups is 1. The number of amides is 2. The highest BCUT2D eigenvalue weighted by atomic mass is 16.5. The van der Waals surface area contributed by atoms with Gasteiger partial charge in [-0.2, -0.15) is 0 Å². The molecule has 0 radical (unpaired) electrons. The third-order valence-corrected chi connectivity index (χ3v) is 3.96. The van der Waals surface area contributed by atoms with Crippen molar-refractivity contribution in [1.29, 1.82) is 0 Å². The second kappa shape index (κ2) is 8.44. The molecule has 2 aliphatic heterocycles. The molecule has 2 N–H and O–H groups in total. The lowest BCUT2D eigenvalue weighted by molar-refractivity contribution is 0.00345. The monoisotopic (exact) mass is 285 g/mol. The van der Waals surface area contributed by atoms with Gasteiger partial charge < -0.3 is 20.1 Å². The number of rotatable bonds is 5. The lowest BCUT2D eigenvalue weighted by Gasteiger charge is -2.28. The van der Waals surface area contributed by atoms with Crippen molar-refractivity contribution >= 4 is 6.03 Å². The summed E-state index contributed by atoms with van der Waals surface area (Å²) in [5.74, 6) is 0.545. The smallest absolute Gasteiger partial charge is 0.314 e. The Bertz CT molecular complexity index is 295. The lowest BCUT2D eigenvalue weighted by atomic mass is 9.96. The van der Waals surface area contributed by atoms with Crippen LogP contribution in [0.2, 0.25) is 0 Å². The molecule has 2 heterocycles. The molecule has 0 aromatic rings. The first-order chi connectivity index (χ1) is 9.74. The van der Waals surface area contributed by atoms with Crippen LogP contribution in [0.1, 0.15) is 19.8 Å². The molecule has 6 nitrogen and oxygen atoms in total. The van der Waals surface area contributed by atoms with Crippen LogP contribution in [-0.4, -0.2) is 69.6 Å². The van der Waals surface area contributed by atoms with E-state index in [1.807, 2.05) is 0 Å². The van der Waals surface area contributed by atoms with Crippen LogP contribution in [0.3, 0.4) is 0 Å². The van der Waals surface area contributed by atoms with Crippen LogP contribution < -0.4 is 10.6 Å². The molecule has 2 atom stereocenters. The second-order valence-electron chi connectivity index (χ2n) is 5.66. The Balaban J connectivity index is 1.51. The maximum Gasteiger partial charge on any atom is 0.314 e. The summed E-state index contributed by atoms with van der Waals surface area (Å²) >= 11 is 0. The Morgan fingerprint density at radius 2 is 2.05 bits per heavy atom. The summed E-state index contributed by atoms with van der Waals surface area (Å²) in [6, 6.07) is -0.0580. The average Bonchev–Trinajstić information content (AvgIpc) is 2.46. The predicted octanol–water partition coefficient (Wildman–Crippen LogP) is 0.433. The van der Waals surface area contributed by atoms with Gasteiger partial charge in [-0.15, -0.1) is 0 Å². The molecule has 0 spiro atoms. The number of carbonyl (C=O) groups excluding carboxylic acids is 1. The minimum atomic E-state index is -0.0580. The second-order valence-corrected chi connectivity index (χ2v) is 5.66. The summed E-state index contributed by atoms with van der Waals surface area (Å²) in [5.41, 5.74) is 0. The van der Waals surface area contributed by atoms with Crippen molar-refractivity contribution < 1.29 is 14.3 Å². The van der Waals surface area contributed by atoms with Gasteiger partial charge in [-0.3, -0.25) is 4.90 Å². The zero-order valence-corrected chi connectivity index (χ0v) is 12.4. The van der Waals surface area contributed by atoms with E-state index in [1.54, 1.807) is 0 Å². The molecule has 0 bridgehead atoms. The van der Waals surface area contributed by atoms with Crippen LogP contribution in [-0.2, 0) is 9.47 Å². The Morgan fingerprint density at radius 3 is 2.80 bits per heavy atom. The van der Waals surface area contributed by atoms with Crippen molar-refractivity contribution in [2.75, 3.05) is 52.5 Å². The fourth-order valence-electron chi connectivity index (χ4n) is 2.73. The zero-order valence-electron chi connectivity index (χ0n) is 12.4. The number of ether oxygens (including phenoxy) is 2. The molecule has 0 aliphatic carbocycles. The largest absolute Gasteiger partial charge is 0.379 e. The highest BCUT2D eigenvalue weighted by molar-refractivity contribution is 5.73. The van der Waals surface area contributed by atoms with Gasteiger partial charge in [0.1, 0.15) is 0 Å². The standard InChI is InChI=1S/C14H27N3O3/c1-12-10-13(2-7-20-12)11-16-14(18)15-3-4-17-5-8-19-9-6-17/h12-13H,2-11H2,1H3,(H2,15,16,18)/t12-,13-/m1/s1. The van der Waals surface area contributed by atoms with Gasteiger partial charge in [0.2, 0.25) is 0 Å². The summed E-state index contributed by atoms with van der Waals surface area (Å²) < 4.78 is 10.8. The fourth-order valence-corrected chi connectivity index (χ4v) is 2.73. The van der Waals surface area contributed by atoms with Crippen LogP contribution in [0, 0.1) is 5.92 Å². The summed E-state index contributed by atoms with van der Waals surface area (Å²) in [6.07, 6.45) is 2.40. The quantitative estimate of drug-likeness (QED) is 0.769. The number of morpholine rings is 1. The number of hydrogen-bond donors (Lipinski definition) is 2. The predicted molar refractivity (Wildman–Crippen MR) is 76.8 cm³/mol. The molecule has 2 rings (SSSR count). The van der Waals surface area contributed by atoms with Gasteiger partial charge in [0.15, 0.2) is 0 Å². The molecule has 116 valence electrons. The number of carbonyl (C=O) groups is 1. The van der Waals surface area contributed by atoms with E-state index in [0.29, 0.717) is 18.6 Å². The Labute approximate surface area is 121 Å². The molecule has 0 unspecified atom stereocenters. The van der Waals surface area contributed by atoms with Crippen molar-refractivity contribution in [2.24, 2.45) is 5.92 Å². The normalized spacial score (nSPS) is 28.1. The van der Waals surface area contributed by atoms with Crippen molar-refractivity contribution in [3.05, 3.63) is 0 Å². The van der Waals surface area contributed by atoms with Gasteiger partial charge in [0.25, 0.3) is 0 Å². The van der Waals surface area contributed by atoms with Crippen LogP contribution in [0.5, 0.6) is 0 Å². The van der Waals surface area contributed by atoms with Crippen LogP contribution in [0.4, 0.5) is 4.79 Å². The number of nitrogens with zero attached hydrogens (tertiary/aromatic N) is 1. The molecular formula is C14H27N3O3. The van der Waals surface area contributed by atoms with E-state index >= 15 is 0 Å². The molecule has 20 heavy (non-hydrogen) atoms. The maximum absolute atomic E-state index is 11.7. The Kier molecular flexibility index (Phi) is 6.56. The summed E-state index contributed by atoms with van der Waals surface area (Å²) in [4.78, 5) is 14.0. The summed E-state index contributed by atoms with van der Waals surface area (Å²) in [5, 5.41) is 5.88. The third-order valence-electron chi connectivity index (χ3n) is 3.96. The average molecular weight is 285 g/mol. The highest BCUT2D eigenvalue weighted by Crippen LogP contribution is 2.18. The van der Waals surface area contributed by atoms with Gasteiger partial charge in [-0.1, -0.05) is 0 Å². The molecule has 2 amide bonds.